The van der Waals surface area contributed by atoms with Crippen LogP contribution in [0.3, 0.4) is 0 Å². The summed E-state index contributed by atoms with van der Waals surface area (Å²) in [6.07, 6.45) is 3.38. The molecular weight excluding hydrogens is 381 g/mol. The van der Waals surface area contributed by atoms with Gasteiger partial charge in [-0.1, -0.05) is 48.7 Å². The molecule has 0 saturated heterocycles. The molecule has 1 amide bonds. The summed E-state index contributed by atoms with van der Waals surface area (Å²) in [4.78, 5) is 12.6. The Morgan fingerprint density at radius 2 is 1.70 bits per heavy atom. The number of carbonyl (C=O) groups excluding carboxylic acids is 1. The van der Waals surface area contributed by atoms with Crippen LogP contribution in [0.2, 0.25) is 10.0 Å². The molecule has 0 spiro atoms. The van der Waals surface area contributed by atoms with Crippen molar-refractivity contribution in [3.05, 3.63) is 75.5 Å². The first-order valence-corrected chi connectivity index (χ1v) is 9.69. The van der Waals surface area contributed by atoms with Gasteiger partial charge >= 0.3 is 0 Å². The molecule has 1 aromatic heterocycles. The normalized spacial score (nSPS) is 10.8. The quantitative estimate of drug-likeness (QED) is 0.475. The van der Waals surface area contributed by atoms with Crippen LogP contribution in [-0.4, -0.2) is 5.91 Å². The number of hydrogen-bond donors (Lipinski definition) is 1. The molecule has 5 heteroatoms. The van der Waals surface area contributed by atoms with E-state index < -0.39 is 0 Å². The van der Waals surface area contributed by atoms with E-state index in [0.29, 0.717) is 27.1 Å². The topological polar surface area (TPSA) is 42.2 Å². The van der Waals surface area contributed by atoms with Crippen LogP contribution in [0.5, 0.6) is 0 Å². The number of anilines is 1. The van der Waals surface area contributed by atoms with E-state index in [1.165, 1.54) is 12.0 Å². The van der Waals surface area contributed by atoms with Crippen molar-refractivity contribution in [2.45, 2.75) is 33.1 Å². The first kappa shape index (κ1) is 19.5. The number of hydrogen-bond acceptors (Lipinski definition) is 2. The largest absolute Gasteiger partial charge is 0.461 e. The molecular formula is C22H21Cl2NO2. The maximum absolute atomic E-state index is 12.6. The van der Waals surface area contributed by atoms with Crippen molar-refractivity contribution in [3.63, 3.8) is 0 Å². The van der Waals surface area contributed by atoms with Gasteiger partial charge in [0.15, 0.2) is 0 Å². The lowest BCUT2D eigenvalue weighted by Gasteiger charge is -2.06. The number of amides is 1. The third kappa shape index (κ3) is 4.94. The Morgan fingerprint density at radius 3 is 2.33 bits per heavy atom. The number of benzene rings is 2. The average molecular weight is 402 g/mol. The Hall–Kier alpha value is -2.23. The summed E-state index contributed by atoms with van der Waals surface area (Å²) in [5.41, 5.74) is 3.24. The van der Waals surface area contributed by atoms with E-state index in [2.05, 4.69) is 12.2 Å². The highest BCUT2D eigenvalue weighted by Crippen LogP contribution is 2.30. The molecule has 0 fully saturated rings. The Labute approximate surface area is 169 Å². The van der Waals surface area contributed by atoms with Crippen molar-refractivity contribution >= 4 is 34.8 Å². The van der Waals surface area contributed by atoms with Gasteiger partial charge in [0.2, 0.25) is 0 Å². The van der Waals surface area contributed by atoms with Gasteiger partial charge in [0.25, 0.3) is 5.91 Å². The van der Waals surface area contributed by atoms with E-state index in [-0.39, 0.29) is 5.91 Å². The molecule has 0 saturated carbocycles. The van der Waals surface area contributed by atoms with Crippen molar-refractivity contribution in [1.82, 2.24) is 0 Å². The fourth-order valence-electron chi connectivity index (χ4n) is 2.88. The maximum atomic E-state index is 12.6. The Balaban J connectivity index is 1.76. The fourth-order valence-corrected chi connectivity index (χ4v) is 3.41. The van der Waals surface area contributed by atoms with Gasteiger partial charge < -0.3 is 9.73 Å². The third-order valence-electron chi connectivity index (χ3n) is 4.34. The predicted octanol–water partition coefficient (Wildman–Crippen LogP) is 7.16. The van der Waals surface area contributed by atoms with E-state index in [1.807, 2.05) is 24.3 Å². The molecule has 0 aliphatic rings. The number of aryl methyl sites for hydroxylation is 2. The average Bonchev–Trinajstić information content (AvgIpc) is 3.02. The monoisotopic (exact) mass is 401 g/mol. The number of carbonyl (C=O) groups is 1. The van der Waals surface area contributed by atoms with Crippen molar-refractivity contribution in [3.8, 4) is 11.3 Å². The Kier molecular flexibility index (Phi) is 6.25. The van der Waals surface area contributed by atoms with E-state index in [0.717, 1.165) is 24.1 Å². The Bertz CT molecular complexity index is 925. The van der Waals surface area contributed by atoms with Crippen LogP contribution < -0.4 is 5.32 Å². The van der Waals surface area contributed by atoms with E-state index in [1.54, 1.807) is 31.2 Å². The summed E-state index contributed by atoms with van der Waals surface area (Å²) < 4.78 is 5.75. The molecule has 2 aromatic carbocycles. The highest BCUT2D eigenvalue weighted by molar-refractivity contribution is 6.35. The molecule has 0 bridgehead atoms. The molecule has 0 aliphatic carbocycles. The molecule has 1 heterocycles. The van der Waals surface area contributed by atoms with Gasteiger partial charge in [-0.15, -0.1) is 0 Å². The van der Waals surface area contributed by atoms with Crippen LogP contribution in [0, 0.1) is 6.92 Å². The lowest BCUT2D eigenvalue weighted by Crippen LogP contribution is -2.12. The highest BCUT2D eigenvalue weighted by atomic mass is 35.5. The maximum Gasteiger partial charge on any atom is 0.259 e. The van der Waals surface area contributed by atoms with E-state index in [4.69, 9.17) is 27.6 Å². The number of furan rings is 1. The molecule has 27 heavy (non-hydrogen) atoms. The van der Waals surface area contributed by atoms with Crippen molar-refractivity contribution in [2.24, 2.45) is 0 Å². The number of rotatable bonds is 6. The third-order valence-corrected chi connectivity index (χ3v) is 4.78. The number of nitrogens with one attached hydrogen (secondary N) is 1. The van der Waals surface area contributed by atoms with Crippen LogP contribution >= 0.6 is 23.2 Å². The van der Waals surface area contributed by atoms with Crippen LogP contribution in [0.1, 0.15) is 41.4 Å². The van der Waals surface area contributed by atoms with Gasteiger partial charge in [-0.05, 0) is 61.7 Å². The van der Waals surface area contributed by atoms with Crippen LogP contribution in [0.4, 0.5) is 5.69 Å². The molecule has 0 radical (unpaired) electrons. The lowest BCUT2D eigenvalue weighted by atomic mass is 10.1. The first-order chi connectivity index (χ1) is 13.0. The van der Waals surface area contributed by atoms with E-state index >= 15 is 0 Å². The second-order valence-corrected chi connectivity index (χ2v) is 7.37. The smallest absolute Gasteiger partial charge is 0.259 e. The zero-order chi connectivity index (χ0) is 19.4. The zero-order valence-electron chi connectivity index (χ0n) is 15.3. The highest BCUT2D eigenvalue weighted by Gasteiger charge is 2.17. The van der Waals surface area contributed by atoms with Crippen LogP contribution in [0.25, 0.3) is 11.3 Å². The minimum absolute atomic E-state index is 0.211. The van der Waals surface area contributed by atoms with E-state index in [9.17, 15) is 4.79 Å². The molecule has 140 valence electrons. The zero-order valence-corrected chi connectivity index (χ0v) is 16.8. The molecule has 0 unspecified atom stereocenters. The molecule has 0 atom stereocenters. The summed E-state index contributed by atoms with van der Waals surface area (Å²) >= 11 is 12.1. The summed E-state index contributed by atoms with van der Waals surface area (Å²) in [6.45, 7) is 3.94. The second kappa shape index (κ2) is 8.64. The summed E-state index contributed by atoms with van der Waals surface area (Å²) in [5.74, 6) is 0.882. The van der Waals surface area contributed by atoms with Gasteiger partial charge in [0.1, 0.15) is 11.5 Å². The van der Waals surface area contributed by atoms with Crippen LogP contribution in [0.15, 0.2) is 52.9 Å². The predicted molar refractivity (Wildman–Crippen MR) is 112 cm³/mol. The number of halogens is 2. The first-order valence-electron chi connectivity index (χ1n) is 8.93. The van der Waals surface area contributed by atoms with Crippen molar-refractivity contribution in [1.29, 1.82) is 0 Å². The molecule has 1 N–H and O–H groups in total. The SMILES string of the molecule is CCCCc1ccc(NC(=O)c2cc(-c3cc(Cl)cc(Cl)c3)oc2C)cc1. The number of unbranched alkanes of at least 4 members (excludes halogenated alkanes) is 1. The van der Waals surface area contributed by atoms with Gasteiger partial charge in [0.05, 0.1) is 5.56 Å². The van der Waals surface area contributed by atoms with Crippen molar-refractivity contribution in [2.75, 3.05) is 5.32 Å². The second-order valence-electron chi connectivity index (χ2n) is 6.49. The van der Waals surface area contributed by atoms with Gasteiger partial charge in [-0.25, -0.2) is 0 Å². The molecule has 3 aromatic rings. The fraction of sp³-hybridized carbons (Fsp3) is 0.227. The lowest BCUT2D eigenvalue weighted by molar-refractivity contribution is 0.102. The van der Waals surface area contributed by atoms with Gasteiger partial charge in [0, 0.05) is 21.3 Å². The van der Waals surface area contributed by atoms with Gasteiger partial charge in [-0.3, -0.25) is 4.79 Å². The van der Waals surface area contributed by atoms with Crippen molar-refractivity contribution < 1.29 is 9.21 Å². The summed E-state index contributed by atoms with van der Waals surface area (Å²) in [5, 5.41) is 3.95. The molecule has 3 rings (SSSR count). The van der Waals surface area contributed by atoms with Crippen LogP contribution in [-0.2, 0) is 6.42 Å². The molecule has 0 aliphatic heterocycles. The summed E-state index contributed by atoms with van der Waals surface area (Å²) in [7, 11) is 0. The summed E-state index contributed by atoms with van der Waals surface area (Å²) in [6, 6.07) is 14.8. The van der Waals surface area contributed by atoms with Gasteiger partial charge in [-0.2, -0.15) is 0 Å². The minimum atomic E-state index is -0.211. The Morgan fingerprint density at radius 1 is 1.04 bits per heavy atom. The minimum Gasteiger partial charge on any atom is -0.461 e. The molecule has 3 nitrogen and oxygen atoms in total. The standard InChI is InChI=1S/C22H21Cl2NO2/c1-3-4-5-15-6-8-19(9-7-15)25-22(26)20-13-21(27-14(20)2)16-10-17(23)12-18(24)11-16/h6-13H,3-5H2,1-2H3,(H,25,26).